The molecule has 2 aromatic carbocycles. The second kappa shape index (κ2) is 8.91. The van der Waals surface area contributed by atoms with Gasteiger partial charge in [-0.25, -0.2) is 4.79 Å². The highest BCUT2D eigenvalue weighted by molar-refractivity contribution is 5.79. The molecule has 0 heterocycles. The molecule has 2 aromatic rings. The molecule has 0 saturated heterocycles. The van der Waals surface area contributed by atoms with Gasteiger partial charge in [-0.05, 0) is 36.5 Å². The molecular weight excluding hydrogens is 350 g/mol. The minimum atomic E-state index is -0.627. The van der Waals surface area contributed by atoms with E-state index >= 15 is 0 Å². The summed E-state index contributed by atoms with van der Waals surface area (Å²) in [4.78, 5) is 24.2. The molecular formula is C23H29N3O2. The van der Waals surface area contributed by atoms with E-state index in [4.69, 9.17) is 5.73 Å². The van der Waals surface area contributed by atoms with Crippen LogP contribution in [-0.2, 0) is 10.2 Å². The van der Waals surface area contributed by atoms with Gasteiger partial charge in [0, 0.05) is 12.0 Å². The highest BCUT2D eigenvalue weighted by Gasteiger charge is 2.35. The molecule has 3 amide bonds. The fraction of sp³-hybridized carbons (Fsp3) is 0.391. The van der Waals surface area contributed by atoms with Gasteiger partial charge in [0.1, 0.15) is 0 Å². The monoisotopic (exact) mass is 379 g/mol. The van der Waals surface area contributed by atoms with Gasteiger partial charge in [0.15, 0.2) is 0 Å². The van der Waals surface area contributed by atoms with Crippen LogP contribution in [0.2, 0.25) is 0 Å². The van der Waals surface area contributed by atoms with Gasteiger partial charge >= 0.3 is 6.03 Å². The van der Waals surface area contributed by atoms with E-state index in [1.54, 1.807) is 0 Å². The summed E-state index contributed by atoms with van der Waals surface area (Å²) in [5, 5.41) is 5.84. The van der Waals surface area contributed by atoms with E-state index < -0.39 is 12.1 Å². The normalized spacial score (nSPS) is 16.3. The summed E-state index contributed by atoms with van der Waals surface area (Å²) in [6, 6.07) is 17.1. The maximum absolute atomic E-state index is 12.7. The lowest BCUT2D eigenvalue weighted by Crippen LogP contribution is -2.41. The summed E-state index contributed by atoms with van der Waals surface area (Å²) >= 11 is 0. The number of benzene rings is 2. The van der Waals surface area contributed by atoms with E-state index in [0.29, 0.717) is 6.54 Å². The first-order valence-corrected chi connectivity index (χ1v) is 9.94. The first kappa shape index (κ1) is 19.9. The molecule has 5 heteroatoms. The van der Waals surface area contributed by atoms with Crippen molar-refractivity contribution < 1.29 is 9.59 Å². The Morgan fingerprint density at radius 1 is 1.04 bits per heavy atom. The zero-order chi connectivity index (χ0) is 20.0. The van der Waals surface area contributed by atoms with Gasteiger partial charge in [0.2, 0.25) is 5.91 Å². The molecule has 0 bridgehead atoms. The molecule has 1 unspecified atom stereocenters. The number of urea groups is 1. The van der Waals surface area contributed by atoms with Gasteiger partial charge < -0.3 is 16.4 Å². The predicted octanol–water partition coefficient (Wildman–Crippen LogP) is 3.72. The average Bonchev–Trinajstić information content (AvgIpc) is 3.17. The van der Waals surface area contributed by atoms with Gasteiger partial charge in [-0.2, -0.15) is 0 Å². The van der Waals surface area contributed by atoms with E-state index in [0.717, 1.165) is 24.0 Å². The summed E-state index contributed by atoms with van der Waals surface area (Å²) in [7, 11) is 0. The first-order chi connectivity index (χ1) is 13.5. The molecule has 4 N–H and O–H groups in total. The van der Waals surface area contributed by atoms with Gasteiger partial charge in [0.25, 0.3) is 0 Å². The second-order valence-electron chi connectivity index (χ2n) is 7.75. The van der Waals surface area contributed by atoms with Crippen molar-refractivity contribution in [3.63, 3.8) is 0 Å². The van der Waals surface area contributed by atoms with Crippen LogP contribution in [0.25, 0.3) is 0 Å². The molecule has 5 nitrogen and oxygen atoms in total. The maximum atomic E-state index is 12.7. The summed E-state index contributed by atoms with van der Waals surface area (Å²) in [6.07, 6.45) is 4.69. The van der Waals surface area contributed by atoms with Gasteiger partial charge in [-0.3, -0.25) is 4.79 Å². The summed E-state index contributed by atoms with van der Waals surface area (Å²) in [5.41, 5.74) is 8.57. The van der Waals surface area contributed by atoms with Crippen molar-refractivity contribution in [2.75, 3.05) is 6.54 Å². The Labute approximate surface area is 166 Å². The third-order valence-corrected chi connectivity index (χ3v) is 5.84. The molecule has 1 aliphatic rings. The number of carbonyl (C=O) groups is 2. The first-order valence-electron chi connectivity index (χ1n) is 9.94. The average molecular weight is 380 g/mol. The lowest BCUT2D eigenvalue weighted by molar-refractivity contribution is -0.121. The highest BCUT2D eigenvalue weighted by atomic mass is 16.2. The fourth-order valence-corrected chi connectivity index (χ4v) is 4.32. The number of hydrogen-bond donors (Lipinski definition) is 3. The smallest absolute Gasteiger partial charge is 0.312 e. The maximum Gasteiger partial charge on any atom is 0.312 e. The third kappa shape index (κ3) is 4.71. The van der Waals surface area contributed by atoms with Crippen LogP contribution in [0.4, 0.5) is 4.79 Å². The molecule has 0 spiro atoms. The Kier molecular flexibility index (Phi) is 6.34. The molecule has 1 saturated carbocycles. The molecule has 0 aromatic heterocycles. The Morgan fingerprint density at radius 2 is 1.68 bits per heavy atom. The minimum Gasteiger partial charge on any atom is -0.355 e. The topological polar surface area (TPSA) is 84.2 Å². The van der Waals surface area contributed by atoms with E-state index in [1.165, 1.54) is 18.4 Å². The van der Waals surface area contributed by atoms with Crippen molar-refractivity contribution >= 4 is 11.9 Å². The van der Waals surface area contributed by atoms with E-state index in [2.05, 4.69) is 34.9 Å². The molecule has 3 rings (SSSR count). The van der Waals surface area contributed by atoms with Crippen molar-refractivity contribution in [2.45, 2.75) is 50.5 Å². The highest BCUT2D eigenvalue weighted by Crippen LogP contribution is 2.40. The third-order valence-electron chi connectivity index (χ3n) is 5.84. The molecule has 1 fully saturated rings. The zero-order valence-corrected chi connectivity index (χ0v) is 16.4. The largest absolute Gasteiger partial charge is 0.355 e. The number of aryl methyl sites for hydroxylation is 1. The lowest BCUT2D eigenvalue weighted by Gasteiger charge is -2.30. The van der Waals surface area contributed by atoms with Gasteiger partial charge in [-0.1, -0.05) is 67.4 Å². The molecule has 0 aliphatic heterocycles. The van der Waals surface area contributed by atoms with Crippen LogP contribution in [0.3, 0.4) is 0 Å². The van der Waals surface area contributed by atoms with Crippen LogP contribution >= 0.6 is 0 Å². The summed E-state index contributed by atoms with van der Waals surface area (Å²) in [5.74, 6) is -0.0794. The van der Waals surface area contributed by atoms with Crippen LogP contribution in [0.1, 0.15) is 54.8 Å². The van der Waals surface area contributed by atoms with Crippen molar-refractivity contribution in [1.29, 1.82) is 0 Å². The van der Waals surface area contributed by atoms with Crippen LogP contribution < -0.4 is 16.4 Å². The van der Waals surface area contributed by atoms with Crippen LogP contribution in [0, 0.1) is 6.92 Å². The second-order valence-corrected chi connectivity index (χ2v) is 7.75. The van der Waals surface area contributed by atoms with Crippen molar-refractivity contribution in [3.8, 4) is 0 Å². The lowest BCUT2D eigenvalue weighted by atomic mass is 9.79. The van der Waals surface area contributed by atoms with Crippen molar-refractivity contribution in [2.24, 2.45) is 5.73 Å². The summed E-state index contributed by atoms with van der Waals surface area (Å²) < 4.78 is 0. The van der Waals surface area contributed by atoms with Gasteiger partial charge in [-0.15, -0.1) is 0 Å². The molecule has 0 radical (unpaired) electrons. The SMILES string of the molecule is Cc1ccccc1C(CC(=O)NCC1(c2ccccc2)CCCC1)NC(N)=O. The van der Waals surface area contributed by atoms with Crippen LogP contribution in [0.5, 0.6) is 0 Å². The predicted molar refractivity (Wildman–Crippen MR) is 111 cm³/mol. The Hall–Kier alpha value is -2.82. The number of nitrogens with two attached hydrogens (primary N) is 1. The molecule has 148 valence electrons. The fourth-order valence-electron chi connectivity index (χ4n) is 4.32. The van der Waals surface area contributed by atoms with E-state index in [1.807, 2.05) is 37.3 Å². The van der Waals surface area contributed by atoms with Crippen molar-refractivity contribution in [3.05, 3.63) is 71.3 Å². The Morgan fingerprint density at radius 3 is 2.32 bits per heavy atom. The van der Waals surface area contributed by atoms with Crippen LogP contribution in [0.15, 0.2) is 54.6 Å². The Balaban J connectivity index is 1.69. The molecule has 1 atom stereocenters. The quantitative estimate of drug-likeness (QED) is 0.685. The zero-order valence-electron chi connectivity index (χ0n) is 16.4. The summed E-state index contributed by atoms with van der Waals surface area (Å²) in [6.45, 7) is 2.58. The number of carbonyl (C=O) groups excluding carboxylic acids is 2. The van der Waals surface area contributed by atoms with E-state index in [9.17, 15) is 9.59 Å². The number of nitrogens with one attached hydrogen (secondary N) is 2. The van der Waals surface area contributed by atoms with Gasteiger partial charge in [0.05, 0.1) is 12.5 Å². The Bertz CT molecular complexity index is 814. The molecule has 1 aliphatic carbocycles. The number of amides is 3. The number of rotatable bonds is 7. The number of primary amides is 1. The molecule has 28 heavy (non-hydrogen) atoms. The van der Waals surface area contributed by atoms with Crippen LogP contribution in [-0.4, -0.2) is 18.5 Å². The minimum absolute atomic E-state index is 0.00615. The standard InChI is InChI=1S/C23H29N3O2/c1-17-9-5-6-12-19(17)20(26-22(24)28)15-21(27)25-16-23(13-7-8-14-23)18-10-3-2-4-11-18/h2-6,9-12,20H,7-8,13-16H2,1H3,(H,25,27)(H3,24,26,28). The number of hydrogen-bond acceptors (Lipinski definition) is 2. The van der Waals surface area contributed by atoms with Crippen molar-refractivity contribution in [1.82, 2.24) is 10.6 Å². The van der Waals surface area contributed by atoms with E-state index in [-0.39, 0.29) is 17.7 Å².